The van der Waals surface area contributed by atoms with Gasteiger partial charge in [-0.15, -0.1) is 0 Å². The molecular formula is C15H22N2O2. The molecule has 1 atom stereocenters. The number of ether oxygens (including phenoxy) is 1. The fraction of sp³-hybridized carbons (Fsp3) is 0.533. The van der Waals surface area contributed by atoms with Gasteiger partial charge in [0, 0.05) is 24.7 Å². The number of amides is 1. The number of hydrogen-bond donors (Lipinski definition) is 1. The first kappa shape index (κ1) is 13.9. The third kappa shape index (κ3) is 3.47. The van der Waals surface area contributed by atoms with E-state index in [9.17, 15) is 4.79 Å². The van der Waals surface area contributed by atoms with Gasteiger partial charge in [-0.1, -0.05) is 25.1 Å². The minimum atomic E-state index is -0.0434. The number of carbonyl (C=O) groups is 1. The fourth-order valence-electron chi connectivity index (χ4n) is 2.34. The van der Waals surface area contributed by atoms with Crippen LogP contribution < -0.4 is 10.5 Å². The SMILES string of the molecule is CCC(N)c1ccccc1OCC(=O)N1CCCC1. The van der Waals surface area contributed by atoms with Crippen molar-refractivity contribution in [2.24, 2.45) is 5.73 Å². The van der Waals surface area contributed by atoms with Crippen LogP contribution in [-0.4, -0.2) is 30.5 Å². The van der Waals surface area contributed by atoms with Crippen LogP contribution in [0, 0.1) is 0 Å². The highest BCUT2D eigenvalue weighted by atomic mass is 16.5. The van der Waals surface area contributed by atoms with Crippen molar-refractivity contribution in [2.45, 2.75) is 32.2 Å². The zero-order chi connectivity index (χ0) is 13.7. The van der Waals surface area contributed by atoms with Crippen molar-refractivity contribution in [3.8, 4) is 5.75 Å². The normalized spacial score (nSPS) is 16.4. The Morgan fingerprint density at radius 1 is 1.37 bits per heavy atom. The summed E-state index contributed by atoms with van der Waals surface area (Å²) in [7, 11) is 0. The largest absolute Gasteiger partial charge is 0.483 e. The van der Waals surface area contributed by atoms with Gasteiger partial charge in [0.05, 0.1) is 0 Å². The second-order valence-electron chi connectivity index (χ2n) is 4.93. The maximum atomic E-state index is 11.9. The van der Waals surface area contributed by atoms with Gasteiger partial charge in [0.1, 0.15) is 5.75 Å². The molecule has 0 spiro atoms. The van der Waals surface area contributed by atoms with E-state index in [1.165, 1.54) is 0 Å². The van der Waals surface area contributed by atoms with E-state index in [1.54, 1.807) is 0 Å². The van der Waals surface area contributed by atoms with Crippen molar-refractivity contribution >= 4 is 5.91 Å². The smallest absolute Gasteiger partial charge is 0.260 e. The number of likely N-dealkylation sites (tertiary alicyclic amines) is 1. The zero-order valence-electron chi connectivity index (χ0n) is 11.5. The van der Waals surface area contributed by atoms with Crippen molar-refractivity contribution in [3.05, 3.63) is 29.8 Å². The predicted molar refractivity (Wildman–Crippen MR) is 75.0 cm³/mol. The Morgan fingerprint density at radius 3 is 2.74 bits per heavy atom. The monoisotopic (exact) mass is 262 g/mol. The van der Waals surface area contributed by atoms with Crippen molar-refractivity contribution in [1.29, 1.82) is 0 Å². The zero-order valence-corrected chi connectivity index (χ0v) is 11.5. The van der Waals surface area contributed by atoms with Gasteiger partial charge in [-0.3, -0.25) is 4.79 Å². The molecule has 4 nitrogen and oxygen atoms in total. The fourth-order valence-corrected chi connectivity index (χ4v) is 2.34. The van der Waals surface area contributed by atoms with E-state index >= 15 is 0 Å². The molecule has 2 rings (SSSR count). The highest BCUT2D eigenvalue weighted by Crippen LogP contribution is 2.25. The highest BCUT2D eigenvalue weighted by molar-refractivity contribution is 5.78. The number of hydrogen-bond acceptors (Lipinski definition) is 3. The van der Waals surface area contributed by atoms with Crippen molar-refractivity contribution < 1.29 is 9.53 Å². The van der Waals surface area contributed by atoms with Crippen molar-refractivity contribution in [2.75, 3.05) is 19.7 Å². The summed E-state index contributed by atoms with van der Waals surface area (Å²) in [5.74, 6) is 0.793. The van der Waals surface area contributed by atoms with Crippen LogP contribution in [0.25, 0.3) is 0 Å². The molecule has 19 heavy (non-hydrogen) atoms. The van der Waals surface area contributed by atoms with Gasteiger partial charge in [-0.05, 0) is 25.3 Å². The molecule has 1 unspecified atom stereocenters. The maximum Gasteiger partial charge on any atom is 0.260 e. The summed E-state index contributed by atoms with van der Waals surface area (Å²) in [5.41, 5.74) is 7.02. The summed E-state index contributed by atoms with van der Waals surface area (Å²) in [6, 6.07) is 7.64. The first-order valence-corrected chi connectivity index (χ1v) is 6.97. The molecular weight excluding hydrogens is 240 g/mol. The van der Waals surface area contributed by atoms with E-state index in [-0.39, 0.29) is 18.6 Å². The van der Waals surface area contributed by atoms with Crippen LogP contribution in [0.5, 0.6) is 5.75 Å². The van der Waals surface area contributed by atoms with E-state index in [0.29, 0.717) is 0 Å². The van der Waals surface area contributed by atoms with Gasteiger partial charge in [0.2, 0.25) is 0 Å². The van der Waals surface area contributed by atoms with Gasteiger partial charge < -0.3 is 15.4 Å². The molecule has 104 valence electrons. The lowest BCUT2D eigenvalue weighted by Gasteiger charge is -2.18. The summed E-state index contributed by atoms with van der Waals surface area (Å²) < 4.78 is 5.66. The van der Waals surface area contributed by atoms with Gasteiger partial charge in [-0.25, -0.2) is 0 Å². The molecule has 1 fully saturated rings. The molecule has 2 N–H and O–H groups in total. The second-order valence-corrected chi connectivity index (χ2v) is 4.93. The standard InChI is InChI=1S/C15H22N2O2/c1-2-13(16)12-7-3-4-8-14(12)19-11-15(18)17-9-5-6-10-17/h3-4,7-8,13H,2,5-6,9-11,16H2,1H3. The minimum absolute atomic E-state index is 0.0434. The number of nitrogens with zero attached hydrogens (tertiary/aromatic N) is 1. The predicted octanol–water partition coefficient (Wildman–Crippen LogP) is 2.10. The Kier molecular flexibility index (Phi) is 4.80. The number of rotatable bonds is 5. The van der Waals surface area contributed by atoms with Crippen LogP contribution in [0.1, 0.15) is 37.8 Å². The number of para-hydroxylation sites is 1. The molecule has 4 heteroatoms. The molecule has 0 bridgehead atoms. The van der Waals surface area contributed by atoms with E-state index < -0.39 is 0 Å². The molecule has 1 amide bonds. The van der Waals surface area contributed by atoms with Crippen molar-refractivity contribution in [1.82, 2.24) is 4.90 Å². The van der Waals surface area contributed by atoms with Crippen LogP contribution in [-0.2, 0) is 4.79 Å². The van der Waals surface area contributed by atoms with E-state index in [1.807, 2.05) is 36.1 Å². The molecule has 1 aromatic carbocycles. The minimum Gasteiger partial charge on any atom is -0.483 e. The molecule has 1 aliphatic rings. The Morgan fingerprint density at radius 2 is 2.05 bits per heavy atom. The van der Waals surface area contributed by atoms with E-state index in [0.717, 1.165) is 43.7 Å². The van der Waals surface area contributed by atoms with Crippen molar-refractivity contribution in [3.63, 3.8) is 0 Å². The molecule has 1 heterocycles. The highest BCUT2D eigenvalue weighted by Gasteiger charge is 2.19. The number of nitrogens with two attached hydrogens (primary N) is 1. The number of carbonyl (C=O) groups excluding carboxylic acids is 1. The van der Waals surface area contributed by atoms with Gasteiger partial charge in [0.25, 0.3) is 5.91 Å². The lowest BCUT2D eigenvalue weighted by atomic mass is 10.0. The van der Waals surface area contributed by atoms with Gasteiger partial charge >= 0.3 is 0 Å². The quantitative estimate of drug-likeness (QED) is 0.884. The Balaban J connectivity index is 1.97. The molecule has 1 aliphatic heterocycles. The Hall–Kier alpha value is -1.55. The Bertz CT molecular complexity index is 428. The van der Waals surface area contributed by atoms with Gasteiger partial charge in [-0.2, -0.15) is 0 Å². The number of benzene rings is 1. The third-order valence-corrected chi connectivity index (χ3v) is 3.57. The second kappa shape index (κ2) is 6.57. The van der Waals surface area contributed by atoms with Crippen LogP contribution in [0.3, 0.4) is 0 Å². The van der Waals surface area contributed by atoms with Crippen LogP contribution in [0.4, 0.5) is 0 Å². The molecule has 0 saturated carbocycles. The maximum absolute atomic E-state index is 11.9. The summed E-state index contributed by atoms with van der Waals surface area (Å²) in [5, 5.41) is 0. The summed E-state index contributed by atoms with van der Waals surface area (Å²) in [4.78, 5) is 13.8. The lowest BCUT2D eigenvalue weighted by molar-refractivity contribution is -0.132. The molecule has 0 aromatic heterocycles. The first-order chi connectivity index (χ1) is 9.22. The van der Waals surface area contributed by atoms with E-state index in [2.05, 4.69) is 0 Å². The topological polar surface area (TPSA) is 55.6 Å². The molecule has 1 saturated heterocycles. The van der Waals surface area contributed by atoms with Crippen LogP contribution in [0.15, 0.2) is 24.3 Å². The van der Waals surface area contributed by atoms with Crippen LogP contribution in [0.2, 0.25) is 0 Å². The first-order valence-electron chi connectivity index (χ1n) is 6.97. The molecule has 0 aliphatic carbocycles. The van der Waals surface area contributed by atoms with Gasteiger partial charge in [0.15, 0.2) is 6.61 Å². The van der Waals surface area contributed by atoms with Crippen LogP contribution >= 0.6 is 0 Å². The molecule has 0 radical (unpaired) electrons. The summed E-state index contributed by atoms with van der Waals surface area (Å²) >= 11 is 0. The Labute approximate surface area is 114 Å². The molecule has 1 aromatic rings. The summed E-state index contributed by atoms with van der Waals surface area (Å²) in [6.45, 7) is 3.86. The average Bonchev–Trinajstić information content (AvgIpc) is 2.98. The average molecular weight is 262 g/mol. The summed E-state index contributed by atoms with van der Waals surface area (Å²) in [6.07, 6.45) is 3.05. The third-order valence-electron chi connectivity index (χ3n) is 3.57. The lowest BCUT2D eigenvalue weighted by Crippen LogP contribution is -2.32. The van der Waals surface area contributed by atoms with E-state index in [4.69, 9.17) is 10.5 Å².